The molecule has 0 aliphatic carbocycles. The standard InChI is InChI=1S/C14H21N.C2H6.CH5N/c1-5-10-14(3)11(2)15(4)13-9-7-6-8-12(13)14;2*1-2/h6-9,11H,5,10H2,1-4H3;1-2H3;2H2,1H3/t11?,14-;;/m1../s1. The number of anilines is 1. The van der Waals surface area contributed by atoms with Crippen LogP contribution in [-0.4, -0.2) is 20.1 Å². The normalized spacial score (nSPS) is 23.8. The van der Waals surface area contributed by atoms with Gasteiger partial charge in [0.25, 0.3) is 0 Å². The molecule has 110 valence electrons. The van der Waals surface area contributed by atoms with Crippen molar-refractivity contribution in [3.8, 4) is 0 Å². The molecule has 2 N–H and O–H groups in total. The predicted octanol–water partition coefficient (Wildman–Crippen LogP) is 4.18. The van der Waals surface area contributed by atoms with E-state index in [2.05, 4.69) is 62.7 Å². The van der Waals surface area contributed by atoms with Gasteiger partial charge in [0.15, 0.2) is 0 Å². The summed E-state index contributed by atoms with van der Waals surface area (Å²) in [6, 6.07) is 9.45. The van der Waals surface area contributed by atoms with Crippen molar-refractivity contribution in [2.75, 3.05) is 19.0 Å². The molecule has 2 heteroatoms. The minimum Gasteiger partial charge on any atom is -0.371 e. The van der Waals surface area contributed by atoms with E-state index in [1.165, 1.54) is 31.1 Å². The largest absolute Gasteiger partial charge is 0.371 e. The summed E-state index contributed by atoms with van der Waals surface area (Å²) in [5.41, 5.74) is 7.78. The van der Waals surface area contributed by atoms with Crippen molar-refractivity contribution >= 4 is 5.69 Å². The fourth-order valence-corrected chi connectivity index (χ4v) is 2.99. The monoisotopic (exact) mass is 264 g/mol. The van der Waals surface area contributed by atoms with Crippen molar-refractivity contribution in [2.24, 2.45) is 5.73 Å². The van der Waals surface area contributed by atoms with Crippen molar-refractivity contribution in [2.45, 2.75) is 58.9 Å². The highest BCUT2D eigenvalue weighted by molar-refractivity contribution is 5.63. The van der Waals surface area contributed by atoms with Gasteiger partial charge in [-0.2, -0.15) is 0 Å². The van der Waals surface area contributed by atoms with Crippen molar-refractivity contribution in [3.63, 3.8) is 0 Å². The van der Waals surface area contributed by atoms with Gasteiger partial charge in [0.05, 0.1) is 0 Å². The lowest BCUT2D eigenvalue weighted by Crippen LogP contribution is -2.38. The highest BCUT2D eigenvalue weighted by Crippen LogP contribution is 2.46. The van der Waals surface area contributed by atoms with E-state index >= 15 is 0 Å². The molecule has 2 nitrogen and oxygen atoms in total. The summed E-state index contributed by atoms with van der Waals surface area (Å²) < 4.78 is 0. The zero-order chi connectivity index (χ0) is 15.1. The summed E-state index contributed by atoms with van der Waals surface area (Å²) >= 11 is 0. The van der Waals surface area contributed by atoms with Crippen LogP contribution in [0.25, 0.3) is 0 Å². The average molecular weight is 264 g/mol. The molecule has 0 spiro atoms. The number of likely N-dealkylation sites (N-methyl/N-ethyl adjacent to an activating group) is 1. The van der Waals surface area contributed by atoms with E-state index < -0.39 is 0 Å². The molecule has 0 radical (unpaired) electrons. The van der Waals surface area contributed by atoms with Crippen LogP contribution in [0.3, 0.4) is 0 Å². The van der Waals surface area contributed by atoms with Crippen LogP contribution >= 0.6 is 0 Å². The van der Waals surface area contributed by atoms with Crippen LogP contribution in [0, 0.1) is 0 Å². The highest BCUT2D eigenvalue weighted by atomic mass is 15.2. The van der Waals surface area contributed by atoms with Crippen molar-refractivity contribution in [1.82, 2.24) is 0 Å². The second kappa shape index (κ2) is 8.21. The summed E-state index contributed by atoms with van der Waals surface area (Å²) in [4.78, 5) is 2.42. The van der Waals surface area contributed by atoms with Gasteiger partial charge in [0, 0.05) is 24.2 Å². The second-order valence-electron chi connectivity index (χ2n) is 4.97. The van der Waals surface area contributed by atoms with Gasteiger partial charge in [0.2, 0.25) is 0 Å². The van der Waals surface area contributed by atoms with Crippen LogP contribution in [0.1, 0.15) is 53.0 Å². The number of benzene rings is 1. The summed E-state index contributed by atoms with van der Waals surface area (Å²) in [6.45, 7) is 11.0. The smallest absolute Gasteiger partial charge is 0.0405 e. The van der Waals surface area contributed by atoms with E-state index in [-0.39, 0.29) is 0 Å². The van der Waals surface area contributed by atoms with Gasteiger partial charge < -0.3 is 10.6 Å². The predicted molar refractivity (Wildman–Crippen MR) is 88.0 cm³/mol. The number of rotatable bonds is 2. The van der Waals surface area contributed by atoms with Crippen molar-refractivity contribution in [3.05, 3.63) is 29.8 Å². The molecule has 1 unspecified atom stereocenters. The molecule has 0 bridgehead atoms. The second-order valence-corrected chi connectivity index (χ2v) is 4.97. The molecule has 1 aliphatic heterocycles. The third-order valence-corrected chi connectivity index (χ3v) is 4.17. The number of para-hydroxylation sites is 1. The van der Waals surface area contributed by atoms with Crippen LogP contribution in [0.2, 0.25) is 0 Å². The molecule has 1 aromatic rings. The Balaban J connectivity index is 0.000000741. The topological polar surface area (TPSA) is 29.3 Å². The fraction of sp³-hybridized carbons (Fsp3) is 0.647. The Kier molecular flexibility index (Phi) is 7.77. The van der Waals surface area contributed by atoms with Crippen molar-refractivity contribution in [1.29, 1.82) is 0 Å². The van der Waals surface area contributed by atoms with E-state index in [1.807, 2.05) is 13.8 Å². The molecule has 0 saturated carbocycles. The molecule has 19 heavy (non-hydrogen) atoms. The summed E-state index contributed by atoms with van der Waals surface area (Å²) in [6.07, 6.45) is 2.53. The third-order valence-electron chi connectivity index (χ3n) is 4.17. The summed E-state index contributed by atoms with van der Waals surface area (Å²) in [5, 5.41) is 0. The zero-order valence-corrected chi connectivity index (χ0v) is 13.8. The maximum atomic E-state index is 4.50. The lowest BCUT2D eigenvalue weighted by atomic mass is 9.76. The van der Waals surface area contributed by atoms with Crippen LogP contribution in [0.4, 0.5) is 5.69 Å². The molecule has 1 aliphatic rings. The van der Waals surface area contributed by atoms with Gasteiger partial charge in [-0.1, -0.05) is 52.3 Å². The van der Waals surface area contributed by atoms with Gasteiger partial charge in [-0.05, 0) is 32.0 Å². The third kappa shape index (κ3) is 3.30. The summed E-state index contributed by atoms with van der Waals surface area (Å²) in [5.74, 6) is 0. The van der Waals surface area contributed by atoms with Gasteiger partial charge in [0.1, 0.15) is 0 Å². The molecular formula is C17H32N2. The lowest BCUT2D eigenvalue weighted by molar-refractivity contribution is 0.379. The molecule has 1 aromatic carbocycles. The quantitative estimate of drug-likeness (QED) is 0.868. The highest BCUT2D eigenvalue weighted by Gasteiger charge is 2.42. The molecular weight excluding hydrogens is 232 g/mol. The SMILES string of the molecule is CC.CCC[C@@]1(C)c2ccccc2N(C)C1C.CN. The molecule has 0 fully saturated rings. The first-order valence-corrected chi connectivity index (χ1v) is 7.51. The number of hydrogen-bond donors (Lipinski definition) is 1. The van der Waals surface area contributed by atoms with Crippen LogP contribution in [0.5, 0.6) is 0 Å². The molecule has 0 aromatic heterocycles. The molecule has 0 saturated heterocycles. The maximum absolute atomic E-state index is 4.50. The van der Waals surface area contributed by atoms with Gasteiger partial charge in [-0.25, -0.2) is 0 Å². The number of hydrogen-bond acceptors (Lipinski definition) is 2. The van der Waals surface area contributed by atoms with E-state index in [9.17, 15) is 0 Å². The Bertz CT molecular complexity index is 362. The van der Waals surface area contributed by atoms with Crippen LogP contribution in [-0.2, 0) is 5.41 Å². The van der Waals surface area contributed by atoms with Gasteiger partial charge >= 0.3 is 0 Å². The molecule has 2 rings (SSSR count). The molecule has 1 heterocycles. The maximum Gasteiger partial charge on any atom is 0.0405 e. The van der Waals surface area contributed by atoms with Gasteiger partial charge in [-0.15, -0.1) is 0 Å². The first-order chi connectivity index (χ1) is 9.11. The van der Waals surface area contributed by atoms with Crippen LogP contribution < -0.4 is 10.6 Å². The Morgan fingerprint density at radius 2 is 1.74 bits per heavy atom. The minimum absolute atomic E-state index is 0.333. The van der Waals surface area contributed by atoms with Gasteiger partial charge in [-0.3, -0.25) is 0 Å². The first-order valence-electron chi connectivity index (χ1n) is 7.51. The van der Waals surface area contributed by atoms with E-state index in [1.54, 1.807) is 0 Å². The van der Waals surface area contributed by atoms with E-state index in [0.29, 0.717) is 11.5 Å². The van der Waals surface area contributed by atoms with E-state index in [4.69, 9.17) is 0 Å². The summed E-state index contributed by atoms with van der Waals surface area (Å²) in [7, 11) is 3.71. The lowest BCUT2D eigenvalue weighted by Gasteiger charge is -2.32. The number of fused-ring (bicyclic) bond motifs is 1. The number of nitrogens with two attached hydrogens (primary N) is 1. The zero-order valence-electron chi connectivity index (χ0n) is 13.8. The van der Waals surface area contributed by atoms with Crippen molar-refractivity contribution < 1.29 is 0 Å². The van der Waals surface area contributed by atoms with E-state index in [0.717, 1.165) is 0 Å². The number of nitrogens with zero attached hydrogens (tertiary/aromatic N) is 1. The molecule has 0 amide bonds. The van der Waals surface area contributed by atoms with Crippen LogP contribution in [0.15, 0.2) is 24.3 Å². The Morgan fingerprint density at radius 3 is 2.26 bits per heavy atom. The minimum atomic E-state index is 0.333. The average Bonchev–Trinajstić information content (AvgIpc) is 2.67. The molecule has 2 atom stereocenters. The first kappa shape index (κ1) is 18.0. The Morgan fingerprint density at radius 1 is 1.21 bits per heavy atom. The fourth-order valence-electron chi connectivity index (χ4n) is 2.99. The Hall–Kier alpha value is -1.02. The Labute approximate surface area is 120 Å².